The summed E-state index contributed by atoms with van der Waals surface area (Å²) in [6.45, 7) is 4.35. The number of carbonyl (C=O) groups excluding carboxylic acids is 1. The van der Waals surface area contributed by atoms with Crippen molar-refractivity contribution in [1.29, 1.82) is 0 Å². The summed E-state index contributed by atoms with van der Waals surface area (Å²) in [4.78, 5) is 36.8. The molecule has 1 N–H and O–H groups in total. The van der Waals surface area contributed by atoms with E-state index in [2.05, 4.69) is 15.1 Å². The van der Waals surface area contributed by atoms with Crippen LogP contribution >= 0.6 is 0 Å². The zero-order valence-electron chi connectivity index (χ0n) is 19.7. The summed E-state index contributed by atoms with van der Waals surface area (Å²) in [7, 11) is 1.64. The molecule has 3 heterocycles. The first-order chi connectivity index (χ1) is 16.7. The van der Waals surface area contributed by atoms with Gasteiger partial charge in [0.05, 0.1) is 17.3 Å². The standard InChI is InChI=1S/C21H25F6N7O2/c1-12-16(21(25,26)27)18(36)31-30-17(12)13(2)32(3)5-4-15(35)33-6-8-34(9-7-33)19-28-10-14(11-29-19)20(22,23)24/h10-11,13H,4-9H2,1-3H3,(H,31,36)/t13-/m1/s1. The van der Waals surface area contributed by atoms with Gasteiger partial charge in [-0.1, -0.05) is 0 Å². The van der Waals surface area contributed by atoms with Gasteiger partial charge in [-0.3, -0.25) is 14.5 Å². The van der Waals surface area contributed by atoms with Crippen molar-refractivity contribution in [3.8, 4) is 0 Å². The number of carbonyl (C=O) groups is 1. The van der Waals surface area contributed by atoms with E-state index in [-0.39, 0.29) is 36.1 Å². The zero-order valence-corrected chi connectivity index (χ0v) is 19.7. The number of amides is 1. The second-order valence-electron chi connectivity index (χ2n) is 8.48. The van der Waals surface area contributed by atoms with Crippen molar-refractivity contribution in [2.75, 3.05) is 44.7 Å². The number of alkyl halides is 6. The first kappa shape index (κ1) is 27.4. The largest absolute Gasteiger partial charge is 0.422 e. The second kappa shape index (κ2) is 10.4. The molecule has 36 heavy (non-hydrogen) atoms. The van der Waals surface area contributed by atoms with Gasteiger partial charge in [-0.05, 0) is 26.5 Å². The summed E-state index contributed by atoms with van der Waals surface area (Å²) >= 11 is 0. The fraction of sp³-hybridized carbons (Fsp3) is 0.571. The van der Waals surface area contributed by atoms with E-state index in [9.17, 15) is 35.9 Å². The fourth-order valence-electron chi connectivity index (χ4n) is 3.92. The molecule has 0 radical (unpaired) electrons. The number of halogens is 6. The van der Waals surface area contributed by atoms with Crippen LogP contribution in [0.15, 0.2) is 17.2 Å². The van der Waals surface area contributed by atoms with E-state index in [4.69, 9.17) is 0 Å². The molecule has 15 heteroatoms. The predicted octanol–water partition coefficient (Wildman–Crippen LogP) is 2.64. The molecular formula is C21H25F6N7O2. The Kier molecular flexibility index (Phi) is 7.91. The lowest BCUT2D eigenvalue weighted by atomic mass is 10.0. The topological polar surface area (TPSA) is 98.3 Å². The van der Waals surface area contributed by atoms with E-state index in [0.717, 1.165) is 0 Å². The Morgan fingerprint density at radius 3 is 2.19 bits per heavy atom. The summed E-state index contributed by atoms with van der Waals surface area (Å²) in [5, 5.41) is 5.69. The third-order valence-corrected chi connectivity index (χ3v) is 6.16. The normalized spacial score (nSPS) is 15.9. The molecule has 0 aromatic carbocycles. The van der Waals surface area contributed by atoms with Crippen molar-refractivity contribution in [2.24, 2.45) is 0 Å². The number of nitrogens with zero attached hydrogens (tertiary/aromatic N) is 6. The Bertz CT molecular complexity index is 1130. The van der Waals surface area contributed by atoms with Gasteiger partial charge in [0.2, 0.25) is 11.9 Å². The molecule has 1 amide bonds. The molecule has 0 spiro atoms. The molecule has 1 aliphatic rings. The Hall–Kier alpha value is -3.23. The molecule has 1 atom stereocenters. The Balaban J connectivity index is 1.54. The van der Waals surface area contributed by atoms with Gasteiger partial charge in [0.25, 0.3) is 5.56 Å². The number of hydrogen-bond donors (Lipinski definition) is 1. The van der Waals surface area contributed by atoms with E-state index in [1.165, 1.54) is 6.92 Å². The molecule has 0 aliphatic carbocycles. The van der Waals surface area contributed by atoms with Crippen molar-refractivity contribution in [1.82, 2.24) is 30.0 Å². The Labute approximate surface area is 202 Å². The van der Waals surface area contributed by atoms with Crippen LogP contribution in [0.3, 0.4) is 0 Å². The zero-order chi connectivity index (χ0) is 26.8. The smallest absolute Gasteiger partial charge is 0.339 e. The van der Waals surface area contributed by atoms with Crippen LogP contribution in [0.25, 0.3) is 0 Å². The number of hydrogen-bond acceptors (Lipinski definition) is 7. The molecule has 2 aromatic heterocycles. The van der Waals surface area contributed by atoms with Crippen LogP contribution in [0.2, 0.25) is 0 Å². The van der Waals surface area contributed by atoms with E-state index in [0.29, 0.717) is 38.6 Å². The molecule has 1 fully saturated rings. The Morgan fingerprint density at radius 2 is 1.67 bits per heavy atom. The summed E-state index contributed by atoms with van der Waals surface area (Å²) in [6.07, 6.45) is -7.83. The lowest BCUT2D eigenvalue weighted by molar-refractivity contribution is -0.139. The average molecular weight is 521 g/mol. The van der Waals surface area contributed by atoms with Crippen LogP contribution in [0, 0.1) is 6.92 Å². The highest BCUT2D eigenvalue weighted by atomic mass is 19.4. The number of aromatic nitrogens is 4. The van der Waals surface area contributed by atoms with Crippen LogP contribution in [0.5, 0.6) is 0 Å². The minimum Gasteiger partial charge on any atom is -0.339 e. The quantitative estimate of drug-likeness (QED) is 0.584. The number of anilines is 1. The van der Waals surface area contributed by atoms with Crippen molar-refractivity contribution in [2.45, 2.75) is 38.7 Å². The predicted molar refractivity (Wildman–Crippen MR) is 116 cm³/mol. The van der Waals surface area contributed by atoms with Crippen molar-refractivity contribution >= 4 is 11.9 Å². The number of rotatable bonds is 6. The maximum atomic E-state index is 13.2. The molecule has 2 aromatic rings. The molecule has 0 unspecified atom stereocenters. The molecule has 1 aliphatic heterocycles. The van der Waals surface area contributed by atoms with E-state index < -0.39 is 35.1 Å². The summed E-state index contributed by atoms with van der Waals surface area (Å²) in [5.41, 5.74) is -3.76. The highest BCUT2D eigenvalue weighted by molar-refractivity contribution is 5.76. The molecule has 9 nitrogen and oxygen atoms in total. The number of H-pyrrole nitrogens is 1. The first-order valence-electron chi connectivity index (χ1n) is 11.0. The SMILES string of the molecule is Cc1c([C@@H](C)N(C)CCC(=O)N2CCN(c3ncc(C(F)(F)F)cn3)CC2)n[nH]c(=O)c1C(F)(F)F. The maximum absolute atomic E-state index is 13.2. The van der Waals surface area contributed by atoms with Gasteiger partial charge in [-0.15, -0.1) is 0 Å². The van der Waals surface area contributed by atoms with Crippen LogP contribution in [0.4, 0.5) is 32.3 Å². The minimum atomic E-state index is -4.82. The van der Waals surface area contributed by atoms with Gasteiger partial charge < -0.3 is 9.80 Å². The van der Waals surface area contributed by atoms with Gasteiger partial charge >= 0.3 is 12.4 Å². The summed E-state index contributed by atoms with van der Waals surface area (Å²) in [6, 6.07) is -0.607. The van der Waals surface area contributed by atoms with E-state index >= 15 is 0 Å². The fourth-order valence-corrected chi connectivity index (χ4v) is 3.92. The van der Waals surface area contributed by atoms with Gasteiger partial charge in [-0.2, -0.15) is 31.4 Å². The third kappa shape index (κ3) is 6.12. The average Bonchev–Trinajstić information content (AvgIpc) is 2.81. The van der Waals surface area contributed by atoms with Crippen LogP contribution < -0.4 is 10.5 Å². The number of piperazine rings is 1. The Morgan fingerprint density at radius 1 is 1.08 bits per heavy atom. The molecule has 1 saturated heterocycles. The lowest BCUT2D eigenvalue weighted by Gasteiger charge is -2.35. The van der Waals surface area contributed by atoms with Gasteiger partial charge in [0.1, 0.15) is 5.56 Å². The number of nitrogens with one attached hydrogen (secondary N) is 1. The van der Waals surface area contributed by atoms with Crippen molar-refractivity contribution < 1.29 is 31.1 Å². The van der Waals surface area contributed by atoms with Crippen LogP contribution in [0.1, 0.15) is 41.8 Å². The summed E-state index contributed by atoms with van der Waals surface area (Å²) in [5.74, 6) is -0.0326. The van der Waals surface area contributed by atoms with E-state index in [1.807, 2.05) is 5.10 Å². The highest BCUT2D eigenvalue weighted by Crippen LogP contribution is 2.32. The maximum Gasteiger partial charge on any atom is 0.422 e. The molecule has 3 rings (SSSR count). The minimum absolute atomic E-state index is 0.0574. The monoisotopic (exact) mass is 521 g/mol. The van der Waals surface area contributed by atoms with Gasteiger partial charge in [0, 0.05) is 51.5 Å². The molecule has 0 bridgehead atoms. The number of aromatic amines is 1. The molecule has 198 valence electrons. The van der Waals surface area contributed by atoms with Crippen LogP contribution in [-0.2, 0) is 17.1 Å². The summed E-state index contributed by atoms with van der Waals surface area (Å²) < 4.78 is 77.8. The molecular weight excluding hydrogens is 496 g/mol. The second-order valence-corrected chi connectivity index (χ2v) is 8.48. The van der Waals surface area contributed by atoms with Crippen molar-refractivity contribution in [3.05, 3.63) is 45.1 Å². The van der Waals surface area contributed by atoms with E-state index in [1.54, 1.807) is 28.7 Å². The first-order valence-corrected chi connectivity index (χ1v) is 11.0. The van der Waals surface area contributed by atoms with Gasteiger partial charge in [-0.25, -0.2) is 15.1 Å². The van der Waals surface area contributed by atoms with Gasteiger partial charge in [0.15, 0.2) is 0 Å². The third-order valence-electron chi connectivity index (χ3n) is 6.16. The lowest BCUT2D eigenvalue weighted by Crippen LogP contribution is -2.49. The molecule has 0 saturated carbocycles. The van der Waals surface area contributed by atoms with Crippen LogP contribution in [-0.4, -0.2) is 75.6 Å². The van der Waals surface area contributed by atoms with Crippen molar-refractivity contribution in [3.63, 3.8) is 0 Å². The highest BCUT2D eigenvalue weighted by Gasteiger charge is 2.38.